The third-order valence-electron chi connectivity index (χ3n) is 2.57. The lowest BCUT2D eigenvalue weighted by molar-refractivity contribution is 0.0610. The monoisotopic (exact) mass is 248 g/mol. The Hall–Kier alpha value is -1.79. The molecule has 6 heteroatoms. The normalized spacial score (nSPS) is 14.4. The second-order valence-corrected chi connectivity index (χ2v) is 4.52. The number of aromatic nitrogens is 3. The largest absolute Gasteiger partial charge is 0.388 e. The average molecular weight is 248 g/mol. The number of hydrogen-bond acceptors (Lipinski definition) is 6. The Morgan fingerprint density at radius 1 is 1.50 bits per heavy atom. The van der Waals surface area contributed by atoms with E-state index in [1.165, 1.54) is 0 Å². The molecule has 2 aromatic rings. The molecule has 0 radical (unpaired) electrons. The van der Waals surface area contributed by atoms with Crippen LogP contribution in [0.5, 0.6) is 0 Å². The highest BCUT2D eigenvalue weighted by molar-refractivity contribution is 5.13. The predicted octanol–water partition coefficient (Wildman–Crippen LogP) is 0.308. The van der Waals surface area contributed by atoms with Crippen molar-refractivity contribution in [2.75, 3.05) is 6.54 Å². The molecule has 0 aromatic carbocycles. The van der Waals surface area contributed by atoms with Gasteiger partial charge in [0.05, 0.1) is 12.0 Å². The van der Waals surface area contributed by atoms with Crippen molar-refractivity contribution in [3.8, 4) is 0 Å². The first kappa shape index (κ1) is 12.7. The van der Waals surface area contributed by atoms with E-state index in [0.717, 1.165) is 5.56 Å². The minimum atomic E-state index is -1.02. The van der Waals surface area contributed by atoms with Crippen LogP contribution in [-0.4, -0.2) is 32.4 Å². The van der Waals surface area contributed by atoms with E-state index in [1.807, 2.05) is 12.1 Å². The lowest BCUT2D eigenvalue weighted by Crippen LogP contribution is -2.36. The summed E-state index contributed by atoms with van der Waals surface area (Å²) in [4.78, 5) is 8.24. The van der Waals surface area contributed by atoms with Crippen molar-refractivity contribution in [2.24, 2.45) is 5.73 Å². The maximum absolute atomic E-state index is 9.81. The van der Waals surface area contributed by atoms with Crippen molar-refractivity contribution in [1.29, 1.82) is 0 Å². The second kappa shape index (κ2) is 5.24. The summed E-state index contributed by atoms with van der Waals surface area (Å²) in [6.07, 6.45) is 4.28. The van der Waals surface area contributed by atoms with E-state index < -0.39 is 5.60 Å². The van der Waals surface area contributed by atoms with Gasteiger partial charge in [-0.05, 0) is 18.6 Å². The third-order valence-corrected chi connectivity index (χ3v) is 2.57. The second-order valence-electron chi connectivity index (χ2n) is 4.52. The highest BCUT2D eigenvalue weighted by Gasteiger charge is 2.22. The fourth-order valence-electron chi connectivity index (χ4n) is 1.52. The van der Waals surface area contributed by atoms with Crippen LogP contribution in [-0.2, 0) is 12.8 Å². The molecule has 2 rings (SSSR count). The SMILES string of the molecule is CC(O)(CN)Cc1nc(Cc2cccnc2)no1. The van der Waals surface area contributed by atoms with Crippen LogP contribution in [0, 0.1) is 0 Å². The first-order valence-corrected chi connectivity index (χ1v) is 5.72. The zero-order valence-electron chi connectivity index (χ0n) is 10.2. The van der Waals surface area contributed by atoms with Crippen LogP contribution in [0.2, 0.25) is 0 Å². The standard InChI is InChI=1S/C12H16N4O2/c1-12(17,8-13)6-11-15-10(16-18-11)5-9-3-2-4-14-7-9/h2-4,7,17H,5-6,8,13H2,1H3. The third kappa shape index (κ3) is 3.35. The Morgan fingerprint density at radius 3 is 3.00 bits per heavy atom. The van der Waals surface area contributed by atoms with Crippen LogP contribution in [0.1, 0.15) is 24.2 Å². The van der Waals surface area contributed by atoms with Gasteiger partial charge in [0.25, 0.3) is 0 Å². The Kier molecular flexibility index (Phi) is 3.69. The van der Waals surface area contributed by atoms with Crippen molar-refractivity contribution < 1.29 is 9.63 Å². The quantitative estimate of drug-likeness (QED) is 0.790. The Bertz CT molecular complexity index is 496. The van der Waals surface area contributed by atoms with Crippen LogP contribution in [0.4, 0.5) is 0 Å². The zero-order chi connectivity index (χ0) is 13.0. The smallest absolute Gasteiger partial charge is 0.229 e. The summed E-state index contributed by atoms with van der Waals surface area (Å²) in [6.45, 7) is 1.78. The molecule has 1 unspecified atom stereocenters. The predicted molar refractivity (Wildman–Crippen MR) is 64.7 cm³/mol. The molecule has 0 saturated heterocycles. The van der Waals surface area contributed by atoms with Crippen molar-refractivity contribution in [3.05, 3.63) is 41.8 Å². The maximum atomic E-state index is 9.81. The molecule has 96 valence electrons. The first-order chi connectivity index (χ1) is 8.59. The van der Waals surface area contributed by atoms with Gasteiger partial charge in [0, 0.05) is 25.4 Å². The molecule has 0 spiro atoms. The molecular weight excluding hydrogens is 232 g/mol. The van der Waals surface area contributed by atoms with E-state index in [1.54, 1.807) is 19.3 Å². The van der Waals surface area contributed by atoms with Crippen LogP contribution >= 0.6 is 0 Å². The number of aliphatic hydroxyl groups is 1. The summed E-state index contributed by atoms with van der Waals surface area (Å²) in [6, 6.07) is 3.80. The van der Waals surface area contributed by atoms with Gasteiger partial charge in [-0.15, -0.1) is 0 Å². The summed E-state index contributed by atoms with van der Waals surface area (Å²) in [5.74, 6) is 0.968. The van der Waals surface area contributed by atoms with Crippen molar-refractivity contribution >= 4 is 0 Å². The minimum Gasteiger partial charge on any atom is -0.388 e. The molecule has 1 atom stereocenters. The number of nitrogens with two attached hydrogens (primary N) is 1. The Balaban J connectivity index is 2.03. The fraction of sp³-hybridized carbons (Fsp3) is 0.417. The highest BCUT2D eigenvalue weighted by atomic mass is 16.5. The molecule has 0 saturated carbocycles. The van der Waals surface area contributed by atoms with E-state index in [4.69, 9.17) is 10.3 Å². The van der Waals surface area contributed by atoms with E-state index in [0.29, 0.717) is 18.1 Å². The minimum absolute atomic E-state index is 0.146. The van der Waals surface area contributed by atoms with E-state index in [9.17, 15) is 5.11 Å². The summed E-state index contributed by atoms with van der Waals surface area (Å²) in [7, 11) is 0. The summed E-state index contributed by atoms with van der Waals surface area (Å²) < 4.78 is 5.08. The van der Waals surface area contributed by atoms with Gasteiger partial charge in [-0.1, -0.05) is 11.2 Å². The van der Waals surface area contributed by atoms with Crippen LogP contribution < -0.4 is 5.73 Å². The van der Waals surface area contributed by atoms with Gasteiger partial charge < -0.3 is 15.4 Å². The molecule has 0 fully saturated rings. The van der Waals surface area contributed by atoms with Gasteiger partial charge >= 0.3 is 0 Å². The van der Waals surface area contributed by atoms with Crippen molar-refractivity contribution in [3.63, 3.8) is 0 Å². The van der Waals surface area contributed by atoms with Crippen LogP contribution in [0.25, 0.3) is 0 Å². The van der Waals surface area contributed by atoms with Crippen LogP contribution in [0.3, 0.4) is 0 Å². The van der Waals surface area contributed by atoms with E-state index >= 15 is 0 Å². The molecule has 0 bridgehead atoms. The maximum Gasteiger partial charge on any atom is 0.229 e. The van der Waals surface area contributed by atoms with Gasteiger partial charge in [0.1, 0.15) is 0 Å². The molecule has 0 aliphatic heterocycles. The van der Waals surface area contributed by atoms with Crippen molar-refractivity contribution in [2.45, 2.75) is 25.4 Å². The molecule has 0 aliphatic rings. The average Bonchev–Trinajstić information content (AvgIpc) is 2.77. The molecule has 0 aliphatic carbocycles. The topological polar surface area (TPSA) is 98.1 Å². The lowest BCUT2D eigenvalue weighted by atomic mass is 10.0. The van der Waals surface area contributed by atoms with E-state index in [-0.39, 0.29) is 13.0 Å². The molecule has 2 aromatic heterocycles. The number of hydrogen-bond donors (Lipinski definition) is 2. The van der Waals surface area contributed by atoms with Gasteiger partial charge in [-0.25, -0.2) is 0 Å². The van der Waals surface area contributed by atoms with Gasteiger partial charge in [-0.3, -0.25) is 4.98 Å². The first-order valence-electron chi connectivity index (χ1n) is 5.72. The summed E-state index contributed by atoms with van der Waals surface area (Å²) >= 11 is 0. The highest BCUT2D eigenvalue weighted by Crippen LogP contribution is 2.11. The lowest BCUT2D eigenvalue weighted by Gasteiger charge is -2.17. The summed E-state index contributed by atoms with van der Waals surface area (Å²) in [5, 5.41) is 13.7. The Morgan fingerprint density at radius 2 is 2.33 bits per heavy atom. The zero-order valence-corrected chi connectivity index (χ0v) is 10.2. The molecular formula is C12H16N4O2. The summed E-state index contributed by atoms with van der Waals surface area (Å²) in [5.41, 5.74) is 5.43. The fourth-order valence-corrected chi connectivity index (χ4v) is 1.52. The molecule has 0 amide bonds. The van der Waals surface area contributed by atoms with Gasteiger partial charge in [-0.2, -0.15) is 4.98 Å². The van der Waals surface area contributed by atoms with Crippen LogP contribution in [0.15, 0.2) is 29.0 Å². The molecule has 3 N–H and O–H groups in total. The van der Waals surface area contributed by atoms with Gasteiger partial charge in [0.2, 0.25) is 5.89 Å². The number of nitrogens with zero attached hydrogens (tertiary/aromatic N) is 3. The van der Waals surface area contributed by atoms with Gasteiger partial charge in [0.15, 0.2) is 5.82 Å². The Labute approximate surface area is 105 Å². The molecule has 18 heavy (non-hydrogen) atoms. The molecule has 2 heterocycles. The number of rotatable bonds is 5. The van der Waals surface area contributed by atoms with Crippen molar-refractivity contribution in [1.82, 2.24) is 15.1 Å². The number of pyridine rings is 1. The molecule has 6 nitrogen and oxygen atoms in total. The van der Waals surface area contributed by atoms with E-state index in [2.05, 4.69) is 15.1 Å².